The van der Waals surface area contributed by atoms with Crippen molar-refractivity contribution in [3.63, 3.8) is 0 Å². The maximum absolute atomic E-state index is 12.4. The predicted octanol–water partition coefficient (Wildman–Crippen LogP) is -0.672. The second-order valence-electron chi connectivity index (χ2n) is 7.68. The van der Waals surface area contributed by atoms with E-state index in [1.54, 1.807) is 12.1 Å². The minimum Gasteiger partial charge on any atom is -0.481 e. The lowest BCUT2D eigenvalue weighted by molar-refractivity contribution is -0.146. The first-order valence-corrected chi connectivity index (χ1v) is 9.72. The normalized spacial score (nSPS) is 23.1. The zero-order valence-electron chi connectivity index (χ0n) is 16.6. The number of amides is 1. The molecule has 1 aromatic carbocycles. The van der Waals surface area contributed by atoms with Crippen LogP contribution < -0.4 is 32.6 Å². The van der Waals surface area contributed by atoms with Crippen molar-refractivity contribution in [1.82, 2.24) is 15.3 Å². The van der Waals surface area contributed by atoms with Crippen LogP contribution in [0.15, 0.2) is 29.1 Å². The summed E-state index contributed by atoms with van der Waals surface area (Å²) < 4.78 is 0. The quantitative estimate of drug-likeness (QED) is 0.269. The zero-order valence-corrected chi connectivity index (χ0v) is 16.6. The summed E-state index contributed by atoms with van der Waals surface area (Å²) in [5.41, 5.74) is 4.58. The van der Waals surface area contributed by atoms with E-state index in [-0.39, 0.29) is 29.5 Å². The van der Waals surface area contributed by atoms with Crippen molar-refractivity contribution in [2.45, 2.75) is 18.0 Å². The molecule has 1 aliphatic heterocycles. The third-order valence-corrected chi connectivity index (χ3v) is 5.48. The summed E-state index contributed by atoms with van der Waals surface area (Å²) in [6, 6.07) is 6.16. The number of carboxylic acid groups (broad SMARTS) is 2. The first kappa shape index (κ1) is 21.0. The Hall–Kier alpha value is -4.29. The number of nitrogens with two attached hydrogens (primary N) is 1. The van der Waals surface area contributed by atoms with E-state index in [1.165, 1.54) is 12.1 Å². The predicted molar refractivity (Wildman–Crippen MR) is 114 cm³/mol. The molecule has 1 fully saturated rings. The van der Waals surface area contributed by atoms with E-state index < -0.39 is 29.3 Å². The Morgan fingerprint density at radius 1 is 1.22 bits per heavy atom. The van der Waals surface area contributed by atoms with Crippen LogP contribution in [0.4, 0.5) is 23.1 Å². The minimum atomic E-state index is -1.77. The second kappa shape index (κ2) is 7.76. The molecular formula is C19H21N7O6. The Kier molecular flexibility index (Phi) is 5.08. The molecule has 2 aliphatic rings. The number of aromatic amines is 1. The van der Waals surface area contributed by atoms with E-state index in [1.807, 2.05) is 0 Å². The van der Waals surface area contributed by atoms with Crippen molar-refractivity contribution >= 4 is 41.0 Å². The molecule has 1 saturated carbocycles. The standard InChI is InChI=1S/C19H21N7O6/c20-18-24-13-12(15(28)25-18)23-10(7-22-13)6-21-9-3-1-8(2-4-9)14(27)26-19(17(31)32)5-11(19)16(29)30/h1-4,10-11,21,23H,5-7H2,(H,26,27)(H,29,30)(H,31,32)(H4,20,22,24,25,28). The Morgan fingerprint density at radius 3 is 2.56 bits per heavy atom. The third kappa shape index (κ3) is 3.87. The lowest BCUT2D eigenvalue weighted by atomic mass is 10.1. The number of rotatable bonds is 7. The van der Waals surface area contributed by atoms with Gasteiger partial charge < -0.3 is 37.2 Å². The van der Waals surface area contributed by atoms with Crippen molar-refractivity contribution in [1.29, 1.82) is 0 Å². The van der Waals surface area contributed by atoms with Crippen LogP contribution >= 0.6 is 0 Å². The van der Waals surface area contributed by atoms with Gasteiger partial charge in [0.25, 0.3) is 11.5 Å². The van der Waals surface area contributed by atoms with Gasteiger partial charge in [-0.2, -0.15) is 4.98 Å². The molecule has 32 heavy (non-hydrogen) atoms. The van der Waals surface area contributed by atoms with E-state index >= 15 is 0 Å². The molecular weight excluding hydrogens is 422 g/mol. The number of carboxylic acids is 2. The zero-order chi connectivity index (χ0) is 23.0. The molecule has 1 aromatic heterocycles. The number of nitrogens with one attached hydrogen (secondary N) is 5. The maximum atomic E-state index is 12.4. The van der Waals surface area contributed by atoms with Gasteiger partial charge in [-0.25, -0.2) is 4.79 Å². The fraction of sp³-hybridized carbons (Fsp3) is 0.316. The van der Waals surface area contributed by atoms with Gasteiger partial charge in [-0.15, -0.1) is 0 Å². The number of aromatic nitrogens is 2. The van der Waals surface area contributed by atoms with Gasteiger partial charge in [-0.05, 0) is 30.7 Å². The van der Waals surface area contributed by atoms with Gasteiger partial charge in [0.15, 0.2) is 11.4 Å². The monoisotopic (exact) mass is 443 g/mol. The minimum absolute atomic E-state index is 0.0261. The Labute approximate surface area is 180 Å². The fourth-order valence-electron chi connectivity index (χ4n) is 3.60. The highest BCUT2D eigenvalue weighted by Gasteiger charge is 2.65. The summed E-state index contributed by atoms with van der Waals surface area (Å²) in [5, 5.41) is 30.0. The highest BCUT2D eigenvalue weighted by Crippen LogP contribution is 2.44. The van der Waals surface area contributed by atoms with Gasteiger partial charge in [0.05, 0.1) is 12.0 Å². The average molecular weight is 443 g/mol. The molecule has 1 amide bonds. The largest absolute Gasteiger partial charge is 0.481 e. The average Bonchev–Trinajstić information content (AvgIpc) is 3.49. The molecule has 0 spiro atoms. The first-order chi connectivity index (χ1) is 15.2. The molecule has 0 radical (unpaired) electrons. The van der Waals surface area contributed by atoms with Crippen LogP contribution in [0, 0.1) is 5.92 Å². The number of anilines is 4. The molecule has 2 aromatic rings. The number of benzene rings is 1. The SMILES string of the molecule is Nc1nc2c(c(=O)[nH]1)NC(CNc1ccc(C(=O)NC3(C(=O)O)CC3C(=O)O)cc1)CN2. The second-order valence-corrected chi connectivity index (χ2v) is 7.68. The summed E-state index contributed by atoms with van der Waals surface area (Å²) in [5.74, 6) is -4.03. The van der Waals surface area contributed by atoms with Crippen LogP contribution in [0.3, 0.4) is 0 Å². The van der Waals surface area contributed by atoms with Crippen LogP contribution in [0.5, 0.6) is 0 Å². The van der Waals surface area contributed by atoms with Crippen molar-refractivity contribution in [2.24, 2.45) is 5.92 Å². The van der Waals surface area contributed by atoms with Gasteiger partial charge >= 0.3 is 11.9 Å². The van der Waals surface area contributed by atoms with Crippen molar-refractivity contribution < 1.29 is 24.6 Å². The number of nitrogens with zero attached hydrogens (tertiary/aromatic N) is 1. The Morgan fingerprint density at radius 2 is 1.94 bits per heavy atom. The molecule has 4 rings (SSSR count). The van der Waals surface area contributed by atoms with Gasteiger partial charge in [-0.3, -0.25) is 19.4 Å². The number of carbonyl (C=O) groups excluding carboxylic acids is 1. The first-order valence-electron chi connectivity index (χ1n) is 9.72. The molecule has 2 heterocycles. The van der Waals surface area contributed by atoms with Crippen LogP contribution in [-0.2, 0) is 9.59 Å². The van der Waals surface area contributed by atoms with E-state index in [4.69, 9.17) is 10.8 Å². The summed E-state index contributed by atoms with van der Waals surface area (Å²) in [6.07, 6.45) is -0.153. The van der Waals surface area contributed by atoms with E-state index in [2.05, 4.69) is 31.2 Å². The summed E-state index contributed by atoms with van der Waals surface area (Å²) in [4.78, 5) is 53.4. The Bertz CT molecular complexity index is 1150. The molecule has 9 N–H and O–H groups in total. The summed E-state index contributed by atoms with van der Waals surface area (Å²) >= 11 is 0. The van der Waals surface area contributed by atoms with Gasteiger partial charge in [-0.1, -0.05) is 0 Å². The topological polar surface area (TPSA) is 212 Å². The van der Waals surface area contributed by atoms with Crippen LogP contribution in [0.1, 0.15) is 16.8 Å². The molecule has 168 valence electrons. The summed E-state index contributed by atoms with van der Waals surface area (Å²) in [7, 11) is 0. The van der Waals surface area contributed by atoms with Crippen molar-refractivity contribution in [3.8, 4) is 0 Å². The molecule has 0 saturated heterocycles. The highest BCUT2D eigenvalue weighted by atomic mass is 16.4. The number of nitrogen functional groups attached to an aromatic ring is 1. The van der Waals surface area contributed by atoms with Crippen LogP contribution in [0.25, 0.3) is 0 Å². The smallest absolute Gasteiger partial charge is 0.330 e. The third-order valence-electron chi connectivity index (χ3n) is 5.48. The fourth-order valence-corrected chi connectivity index (χ4v) is 3.60. The highest BCUT2D eigenvalue weighted by molar-refractivity contribution is 6.02. The molecule has 3 atom stereocenters. The number of fused-ring (bicyclic) bond motifs is 1. The van der Waals surface area contributed by atoms with Crippen molar-refractivity contribution in [3.05, 3.63) is 40.2 Å². The van der Waals surface area contributed by atoms with Gasteiger partial charge in [0.2, 0.25) is 5.95 Å². The maximum Gasteiger partial charge on any atom is 0.330 e. The van der Waals surface area contributed by atoms with Crippen molar-refractivity contribution in [2.75, 3.05) is 34.8 Å². The number of hydrogen-bond donors (Lipinski definition) is 8. The summed E-state index contributed by atoms with van der Waals surface area (Å²) in [6.45, 7) is 0.947. The lowest BCUT2D eigenvalue weighted by Gasteiger charge is -2.27. The molecule has 0 bridgehead atoms. The number of hydrogen-bond acceptors (Lipinski definition) is 9. The lowest BCUT2D eigenvalue weighted by Crippen LogP contribution is -2.46. The number of H-pyrrole nitrogens is 1. The molecule has 13 nitrogen and oxygen atoms in total. The molecule has 3 unspecified atom stereocenters. The number of carbonyl (C=O) groups is 3. The Balaban J connectivity index is 1.34. The molecule has 13 heteroatoms. The van der Waals surface area contributed by atoms with Gasteiger partial charge in [0, 0.05) is 24.3 Å². The van der Waals surface area contributed by atoms with E-state index in [0.717, 1.165) is 0 Å². The van der Waals surface area contributed by atoms with Crippen LogP contribution in [-0.4, -0.2) is 62.7 Å². The molecule has 1 aliphatic carbocycles. The van der Waals surface area contributed by atoms with Gasteiger partial charge in [0.1, 0.15) is 5.69 Å². The van der Waals surface area contributed by atoms with E-state index in [0.29, 0.717) is 30.3 Å². The van der Waals surface area contributed by atoms with Crippen LogP contribution in [0.2, 0.25) is 0 Å². The van der Waals surface area contributed by atoms with E-state index in [9.17, 15) is 24.3 Å². The number of aliphatic carboxylic acids is 2.